The smallest absolute Gasteiger partial charge is 0.154 e. The predicted octanol–water partition coefficient (Wildman–Crippen LogP) is 1.52. The minimum atomic E-state index is -0.278. The molecule has 0 unspecified atom stereocenters. The third kappa shape index (κ3) is 3.43. The van der Waals surface area contributed by atoms with Gasteiger partial charge < -0.3 is 9.74 Å². The summed E-state index contributed by atoms with van der Waals surface area (Å²) in [5, 5.41) is 0. The molecule has 1 aliphatic heterocycles. The molecule has 0 spiro atoms. The van der Waals surface area contributed by atoms with E-state index in [4.69, 9.17) is 10.7 Å². The lowest BCUT2D eigenvalue weighted by atomic mass is 10.1. The lowest BCUT2D eigenvalue weighted by molar-refractivity contribution is 0.130. The fraction of sp³-hybridized carbons (Fsp3) is 0.571. The first kappa shape index (κ1) is 14.2. The Labute approximate surface area is 113 Å². The Balaban J connectivity index is 2.05. The lowest BCUT2D eigenvalue weighted by Crippen LogP contribution is -2.45. The largest absolute Gasteiger partial charge is 0.411 e. The molecule has 0 radical (unpaired) electrons. The van der Waals surface area contributed by atoms with Crippen LogP contribution in [0.4, 0.5) is 4.39 Å². The molecule has 1 aliphatic rings. The van der Waals surface area contributed by atoms with Gasteiger partial charge in [0.05, 0.1) is 0 Å². The minimum absolute atomic E-state index is 0.278. The Morgan fingerprint density at radius 3 is 2.42 bits per heavy atom. The zero-order chi connectivity index (χ0) is 13.8. The van der Waals surface area contributed by atoms with Gasteiger partial charge in [0, 0.05) is 44.4 Å². The summed E-state index contributed by atoms with van der Waals surface area (Å²) < 4.78 is 13.5. The molecule has 0 aliphatic carbocycles. The van der Waals surface area contributed by atoms with E-state index in [0.29, 0.717) is 11.3 Å². The number of aryl methyl sites for hydroxylation is 1. The number of hydrogen-bond donors (Lipinski definition) is 1. The standard InChI is InChI=1S/C14H22FN3O/c1-3-17-4-6-18(7-5-17)10-12-8-11(2)13(15)9-14(12)19-16/h8-9H,3-7,10,16H2,1-2H3. The molecule has 0 atom stereocenters. The van der Waals surface area contributed by atoms with E-state index in [1.54, 1.807) is 6.92 Å². The topological polar surface area (TPSA) is 41.7 Å². The summed E-state index contributed by atoms with van der Waals surface area (Å²) in [6.45, 7) is 9.99. The van der Waals surface area contributed by atoms with Crippen LogP contribution in [0.3, 0.4) is 0 Å². The molecule has 4 nitrogen and oxygen atoms in total. The van der Waals surface area contributed by atoms with Gasteiger partial charge in [-0.05, 0) is 25.1 Å². The van der Waals surface area contributed by atoms with Gasteiger partial charge in [0.2, 0.25) is 0 Å². The first-order valence-corrected chi connectivity index (χ1v) is 6.74. The Bertz CT molecular complexity index is 431. The van der Waals surface area contributed by atoms with Crippen LogP contribution in [-0.4, -0.2) is 42.5 Å². The molecule has 1 aromatic rings. The van der Waals surface area contributed by atoms with Crippen LogP contribution in [0.2, 0.25) is 0 Å². The van der Waals surface area contributed by atoms with Gasteiger partial charge in [-0.15, -0.1) is 0 Å². The number of rotatable bonds is 4. The Morgan fingerprint density at radius 1 is 1.21 bits per heavy atom. The lowest BCUT2D eigenvalue weighted by Gasteiger charge is -2.34. The quantitative estimate of drug-likeness (QED) is 0.840. The van der Waals surface area contributed by atoms with E-state index in [2.05, 4.69) is 16.7 Å². The molecule has 0 amide bonds. The normalized spacial score (nSPS) is 17.7. The van der Waals surface area contributed by atoms with Gasteiger partial charge in [0.15, 0.2) is 5.75 Å². The van der Waals surface area contributed by atoms with Crippen molar-refractivity contribution < 1.29 is 9.23 Å². The van der Waals surface area contributed by atoms with Crippen molar-refractivity contribution in [1.82, 2.24) is 9.80 Å². The first-order valence-electron chi connectivity index (χ1n) is 6.74. The van der Waals surface area contributed by atoms with Crippen LogP contribution in [0.5, 0.6) is 5.75 Å². The van der Waals surface area contributed by atoms with Crippen LogP contribution in [0.15, 0.2) is 12.1 Å². The van der Waals surface area contributed by atoms with E-state index in [0.717, 1.165) is 44.8 Å². The third-order valence-electron chi connectivity index (χ3n) is 3.77. The Hall–Kier alpha value is -1.17. The van der Waals surface area contributed by atoms with E-state index in [-0.39, 0.29) is 5.82 Å². The summed E-state index contributed by atoms with van der Waals surface area (Å²) >= 11 is 0. The molecular weight excluding hydrogens is 245 g/mol. The zero-order valence-corrected chi connectivity index (χ0v) is 11.7. The zero-order valence-electron chi connectivity index (χ0n) is 11.7. The summed E-state index contributed by atoms with van der Waals surface area (Å²) in [7, 11) is 0. The van der Waals surface area contributed by atoms with Gasteiger partial charge in [-0.3, -0.25) is 4.90 Å². The first-order chi connectivity index (χ1) is 9.13. The second-order valence-electron chi connectivity index (χ2n) is 5.04. The fourth-order valence-electron chi connectivity index (χ4n) is 2.46. The predicted molar refractivity (Wildman–Crippen MR) is 73.3 cm³/mol. The Morgan fingerprint density at radius 2 is 1.84 bits per heavy atom. The van der Waals surface area contributed by atoms with E-state index < -0.39 is 0 Å². The van der Waals surface area contributed by atoms with Gasteiger partial charge in [-0.1, -0.05) is 6.92 Å². The third-order valence-corrected chi connectivity index (χ3v) is 3.77. The molecule has 1 heterocycles. The van der Waals surface area contributed by atoms with E-state index in [9.17, 15) is 4.39 Å². The maximum Gasteiger partial charge on any atom is 0.154 e. The number of nitrogens with zero attached hydrogens (tertiary/aromatic N) is 2. The molecule has 5 heteroatoms. The summed E-state index contributed by atoms with van der Waals surface area (Å²) in [5.41, 5.74) is 1.58. The summed E-state index contributed by atoms with van der Waals surface area (Å²) in [6, 6.07) is 3.19. The van der Waals surface area contributed by atoms with E-state index in [1.165, 1.54) is 6.07 Å². The van der Waals surface area contributed by atoms with Gasteiger partial charge >= 0.3 is 0 Å². The maximum absolute atomic E-state index is 13.5. The van der Waals surface area contributed by atoms with Crippen LogP contribution in [0.25, 0.3) is 0 Å². The van der Waals surface area contributed by atoms with Crippen molar-refractivity contribution in [2.24, 2.45) is 5.90 Å². The average Bonchev–Trinajstić information content (AvgIpc) is 2.43. The van der Waals surface area contributed by atoms with Crippen LogP contribution in [-0.2, 0) is 6.54 Å². The molecule has 1 aromatic carbocycles. The molecule has 1 saturated heterocycles. The van der Waals surface area contributed by atoms with Crippen LogP contribution >= 0.6 is 0 Å². The van der Waals surface area contributed by atoms with E-state index in [1.807, 2.05) is 6.07 Å². The monoisotopic (exact) mass is 267 g/mol. The average molecular weight is 267 g/mol. The number of benzene rings is 1. The summed E-state index contributed by atoms with van der Waals surface area (Å²) in [4.78, 5) is 9.56. The molecule has 2 rings (SSSR count). The van der Waals surface area contributed by atoms with Crippen molar-refractivity contribution in [1.29, 1.82) is 0 Å². The molecule has 0 bridgehead atoms. The van der Waals surface area contributed by atoms with Gasteiger partial charge in [0.1, 0.15) is 5.82 Å². The highest BCUT2D eigenvalue weighted by Gasteiger charge is 2.18. The van der Waals surface area contributed by atoms with Gasteiger partial charge in [0.25, 0.3) is 0 Å². The fourth-order valence-corrected chi connectivity index (χ4v) is 2.46. The number of piperazine rings is 1. The molecule has 106 valence electrons. The number of halogens is 1. The van der Waals surface area contributed by atoms with Crippen LogP contribution in [0.1, 0.15) is 18.1 Å². The second-order valence-corrected chi connectivity index (χ2v) is 5.04. The molecule has 2 N–H and O–H groups in total. The number of likely N-dealkylation sites (N-methyl/N-ethyl adjacent to an activating group) is 1. The maximum atomic E-state index is 13.5. The SMILES string of the molecule is CCN1CCN(Cc2cc(C)c(F)cc2ON)CC1. The van der Waals surface area contributed by atoms with Crippen molar-refractivity contribution in [2.75, 3.05) is 32.7 Å². The van der Waals surface area contributed by atoms with Crippen molar-refractivity contribution >= 4 is 0 Å². The molecule has 19 heavy (non-hydrogen) atoms. The Kier molecular flexibility index (Phi) is 4.74. The van der Waals surface area contributed by atoms with Crippen molar-refractivity contribution in [2.45, 2.75) is 20.4 Å². The summed E-state index contributed by atoms with van der Waals surface area (Å²) in [5.74, 6) is 5.38. The summed E-state index contributed by atoms with van der Waals surface area (Å²) in [6.07, 6.45) is 0. The van der Waals surface area contributed by atoms with Crippen LogP contribution in [0, 0.1) is 12.7 Å². The van der Waals surface area contributed by atoms with Crippen molar-refractivity contribution in [3.8, 4) is 5.75 Å². The van der Waals surface area contributed by atoms with Gasteiger partial charge in [-0.2, -0.15) is 5.90 Å². The highest BCUT2D eigenvalue weighted by molar-refractivity contribution is 5.37. The highest BCUT2D eigenvalue weighted by Crippen LogP contribution is 2.23. The second kappa shape index (κ2) is 6.32. The number of nitrogens with two attached hydrogens (primary N) is 1. The minimum Gasteiger partial charge on any atom is -0.411 e. The van der Waals surface area contributed by atoms with Crippen molar-refractivity contribution in [3.05, 3.63) is 29.1 Å². The number of hydrogen-bond acceptors (Lipinski definition) is 4. The van der Waals surface area contributed by atoms with Crippen molar-refractivity contribution in [3.63, 3.8) is 0 Å². The molecule has 0 aromatic heterocycles. The highest BCUT2D eigenvalue weighted by atomic mass is 19.1. The van der Waals surface area contributed by atoms with Crippen LogP contribution < -0.4 is 10.7 Å². The molecule has 0 saturated carbocycles. The molecular formula is C14H22FN3O. The van der Waals surface area contributed by atoms with E-state index >= 15 is 0 Å². The molecule has 1 fully saturated rings. The van der Waals surface area contributed by atoms with Gasteiger partial charge in [-0.25, -0.2) is 4.39 Å².